The molecule has 4 fully saturated rings. The molecule has 6 aliphatic rings. The first-order valence-electron chi connectivity index (χ1n) is 18.2. The van der Waals surface area contributed by atoms with Crippen molar-refractivity contribution in [3.63, 3.8) is 0 Å². The van der Waals surface area contributed by atoms with Crippen LogP contribution in [0.15, 0.2) is 24.3 Å². The second kappa shape index (κ2) is 11.4. The molecule has 2 unspecified atom stereocenters. The Bertz CT molecular complexity index is 1650. The number of ketones is 2. The molecule has 0 amide bonds. The normalized spacial score (nSPS) is 35.6. The summed E-state index contributed by atoms with van der Waals surface area (Å²) in [5.41, 5.74) is 3.09. The molecule has 4 N–H and O–H groups in total. The molecule has 49 heavy (non-hydrogen) atoms. The summed E-state index contributed by atoms with van der Waals surface area (Å²) in [5, 5.41) is 43.2. The summed E-state index contributed by atoms with van der Waals surface area (Å²) in [6, 6.07) is 6.21. The zero-order valence-electron chi connectivity index (χ0n) is 28.2. The Labute approximate surface area is 286 Å². The Balaban J connectivity index is 1.19. The van der Waals surface area contributed by atoms with Crippen molar-refractivity contribution < 1.29 is 44.3 Å². The number of phenols is 2. The fraction of sp³-hybridized carbons (Fsp3) is 0.600. The molecule has 0 aliphatic heterocycles. The SMILES string of the molecule is C[C@]12CC[C@@H]3c4c(cc(O)cc4C(OC(C(=O)O)c4cc(O)cc5c4[C@H]4CC[C@]6(C)C(=O)CC[C@H]6[C@@H]4CC5)C(=O)O)CC[C@H]3[C@@H]1CCC2=O. The number of rotatable bonds is 6. The number of aliphatic carboxylic acids is 2. The predicted octanol–water partition coefficient (Wildman–Crippen LogP) is 6.92. The third-order valence-corrected chi connectivity index (χ3v) is 14.4. The monoisotopic (exact) mass is 670 g/mol. The fourth-order valence-corrected chi connectivity index (χ4v) is 12.1. The molecular weight excluding hydrogens is 624 g/mol. The van der Waals surface area contributed by atoms with E-state index in [1.54, 1.807) is 12.1 Å². The van der Waals surface area contributed by atoms with Crippen LogP contribution >= 0.6 is 0 Å². The first kappa shape index (κ1) is 32.5. The van der Waals surface area contributed by atoms with Crippen LogP contribution < -0.4 is 0 Å². The molecule has 9 heteroatoms. The predicted molar refractivity (Wildman–Crippen MR) is 177 cm³/mol. The quantitative estimate of drug-likeness (QED) is 0.256. The van der Waals surface area contributed by atoms with E-state index in [1.807, 2.05) is 0 Å². The standard InChI is InChI=1S/C40H46O9/c1-39-13-11-25-23(29(39)7-9-31(39)43)5-3-19-15-21(41)17-27(33(19)25)35(37(45)46)49-36(38(47)48)28-18-22(42)16-20-4-6-24-26(34(20)28)12-14-40(2)30(24)8-10-32(40)44/h15-18,23-26,29-30,35-36,41-42H,3-14H2,1-2H3,(H,45,46)(H,47,48)/t23-,24-,25+,26+,29+,30+,35?,36?,39+,40+/m1/s1. The summed E-state index contributed by atoms with van der Waals surface area (Å²) in [6.45, 7) is 4.16. The van der Waals surface area contributed by atoms with Crippen molar-refractivity contribution in [2.45, 2.75) is 115 Å². The first-order valence-corrected chi connectivity index (χ1v) is 18.2. The number of aromatic hydroxyl groups is 2. The number of fused-ring (bicyclic) bond motifs is 10. The van der Waals surface area contributed by atoms with Gasteiger partial charge in [0.05, 0.1) is 0 Å². The lowest BCUT2D eigenvalue weighted by Gasteiger charge is -2.49. The van der Waals surface area contributed by atoms with Gasteiger partial charge in [-0.05, 0) is 157 Å². The fourth-order valence-electron chi connectivity index (χ4n) is 12.1. The van der Waals surface area contributed by atoms with E-state index in [1.165, 1.54) is 12.1 Å². The number of aryl methyl sites for hydroxylation is 2. The molecule has 0 heterocycles. The average Bonchev–Trinajstić information content (AvgIpc) is 3.53. The lowest BCUT2D eigenvalue weighted by molar-refractivity contribution is -0.166. The van der Waals surface area contributed by atoms with Crippen LogP contribution in [-0.4, -0.2) is 43.9 Å². The highest BCUT2D eigenvalue weighted by Gasteiger charge is 2.57. The number of carboxylic acids is 2. The lowest BCUT2D eigenvalue weighted by Crippen LogP contribution is -2.43. The smallest absolute Gasteiger partial charge is 0.337 e. The molecule has 260 valence electrons. The first-order chi connectivity index (χ1) is 23.3. The van der Waals surface area contributed by atoms with Crippen molar-refractivity contribution in [3.8, 4) is 11.5 Å². The molecule has 0 bridgehead atoms. The maximum Gasteiger partial charge on any atom is 0.337 e. The van der Waals surface area contributed by atoms with Gasteiger partial charge in [0.15, 0.2) is 12.2 Å². The molecular formula is C40H46O9. The highest BCUT2D eigenvalue weighted by atomic mass is 16.5. The summed E-state index contributed by atoms with van der Waals surface area (Å²) >= 11 is 0. The molecule has 0 aromatic heterocycles. The molecule has 0 radical (unpaired) electrons. The van der Waals surface area contributed by atoms with Gasteiger partial charge in [0, 0.05) is 23.7 Å². The van der Waals surface area contributed by atoms with Gasteiger partial charge < -0.3 is 25.2 Å². The Kier molecular flexibility index (Phi) is 7.56. The highest BCUT2D eigenvalue weighted by molar-refractivity contribution is 5.88. The highest BCUT2D eigenvalue weighted by Crippen LogP contribution is 2.62. The van der Waals surface area contributed by atoms with Crippen molar-refractivity contribution in [3.05, 3.63) is 57.6 Å². The number of carboxylic acid groups (broad SMARTS) is 2. The van der Waals surface area contributed by atoms with Crippen LogP contribution in [0.1, 0.15) is 135 Å². The molecule has 2 aromatic carbocycles. The third kappa shape index (κ3) is 4.81. The Hall–Kier alpha value is -3.72. The van der Waals surface area contributed by atoms with Gasteiger partial charge in [0.25, 0.3) is 0 Å². The summed E-state index contributed by atoms with van der Waals surface area (Å²) in [7, 11) is 0. The van der Waals surface area contributed by atoms with Crippen LogP contribution in [-0.2, 0) is 36.8 Å². The molecule has 2 aromatic rings. The topological polar surface area (TPSA) is 158 Å². The van der Waals surface area contributed by atoms with Crippen LogP contribution in [0.4, 0.5) is 0 Å². The number of ether oxygens (including phenoxy) is 1. The minimum Gasteiger partial charge on any atom is -0.508 e. The second-order valence-corrected chi connectivity index (χ2v) is 16.5. The van der Waals surface area contributed by atoms with E-state index >= 15 is 0 Å². The molecule has 0 spiro atoms. The summed E-state index contributed by atoms with van der Waals surface area (Å²) in [5.74, 6) is -1.60. The van der Waals surface area contributed by atoms with E-state index in [2.05, 4.69) is 13.8 Å². The molecule has 0 saturated heterocycles. The minimum atomic E-state index is -1.70. The van der Waals surface area contributed by atoms with Crippen LogP contribution in [0.5, 0.6) is 11.5 Å². The number of benzene rings is 2. The molecule has 6 aliphatic carbocycles. The number of carbonyl (C=O) groups excluding carboxylic acids is 2. The zero-order chi connectivity index (χ0) is 34.6. The molecule has 8 rings (SSSR count). The van der Waals surface area contributed by atoms with Gasteiger partial charge in [-0.15, -0.1) is 0 Å². The number of hydrogen-bond acceptors (Lipinski definition) is 7. The lowest BCUT2D eigenvalue weighted by atomic mass is 9.55. The third-order valence-electron chi connectivity index (χ3n) is 14.4. The van der Waals surface area contributed by atoms with E-state index in [9.17, 15) is 39.6 Å². The number of carbonyl (C=O) groups is 4. The van der Waals surface area contributed by atoms with Crippen LogP contribution in [0, 0.1) is 34.5 Å². The van der Waals surface area contributed by atoms with E-state index in [-0.39, 0.29) is 69.0 Å². The van der Waals surface area contributed by atoms with Crippen LogP contribution in [0.3, 0.4) is 0 Å². The maximum atomic E-state index is 13.2. The molecule has 4 saturated carbocycles. The maximum absolute atomic E-state index is 13.2. The second-order valence-electron chi connectivity index (χ2n) is 16.5. The van der Waals surface area contributed by atoms with Gasteiger partial charge in [-0.2, -0.15) is 0 Å². The van der Waals surface area contributed by atoms with Crippen molar-refractivity contribution in [2.75, 3.05) is 0 Å². The molecule has 10 atom stereocenters. The summed E-state index contributed by atoms with van der Waals surface area (Å²) < 4.78 is 6.26. The summed E-state index contributed by atoms with van der Waals surface area (Å²) in [4.78, 5) is 52.3. The van der Waals surface area contributed by atoms with E-state index in [0.29, 0.717) is 62.9 Å². The van der Waals surface area contributed by atoms with Gasteiger partial charge in [-0.25, -0.2) is 9.59 Å². The van der Waals surface area contributed by atoms with Crippen LogP contribution in [0.2, 0.25) is 0 Å². The Morgan fingerprint density at radius 3 is 1.45 bits per heavy atom. The van der Waals surface area contributed by atoms with Gasteiger partial charge in [-0.3, -0.25) is 9.59 Å². The largest absolute Gasteiger partial charge is 0.508 e. The van der Waals surface area contributed by atoms with Gasteiger partial charge in [0.2, 0.25) is 0 Å². The average molecular weight is 671 g/mol. The van der Waals surface area contributed by atoms with Crippen molar-refractivity contribution in [1.82, 2.24) is 0 Å². The van der Waals surface area contributed by atoms with Crippen molar-refractivity contribution in [2.24, 2.45) is 34.5 Å². The minimum absolute atomic E-state index is 0.0305. The summed E-state index contributed by atoms with van der Waals surface area (Å²) in [6.07, 6.45) is 5.12. The van der Waals surface area contributed by atoms with Gasteiger partial charge in [0.1, 0.15) is 23.1 Å². The van der Waals surface area contributed by atoms with Crippen molar-refractivity contribution in [1.29, 1.82) is 0 Å². The van der Waals surface area contributed by atoms with E-state index in [0.717, 1.165) is 47.9 Å². The molecule has 9 nitrogen and oxygen atoms in total. The Morgan fingerprint density at radius 1 is 0.653 bits per heavy atom. The Morgan fingerprint density at radius 2 is 1.06 bits per heavy atom. The zero-order valence-corrected chi connectivity index (χ0v) is 28.2. The van der Waals surface area contributed by atoms with Crippen LogP contribution in [0.25, 0.3) is 0 Å². The van der Waals surface area contributed by atoms with Gasteiger partial charge >= 0.3 is 11.9 Å². The number of hydrogen-bond donors (Lipinski definition) is 4. The van der Waals surface area contributed by atoms with E-state index < -0.39 is 24.1 Å². The van der Waals surface area contributed by atoms with Gasteiger partial charge in [-0.1, -0.05) is 13.8 Å². The van der Waals surface area contributed by atoms with E-state index in [4.69, 9.17) is 4.74 Å². The van der Waals surface area contributed by atoms with Crippen molar-refractivity contribution >= 4 is 23.5 Å². The number of phenolic OH excluding ortho intramolecular Hbond substituents is 2. The number of Topliss-reactive ketones (excluding diaryl/α,β-unsaturated/α-hetero) is 2.